The fourth-order valence-corrected chi connectivity index (χ4v) is 3.44. The molecule has 2 aromatic rings. The molecule has 1 aliphatic rings. The van der Waals surface area contributed by atoms with Crippen molar-refractivity contribution >= 4 is 5.69 Å². The summed E-state index contributed by atoms with van der Waals surface area (Å²) in [5.74, 6) is 0.639. The van der Waals surface area contributed by atoms with E-state index in [2.05, 4.69) is 15.9 Å². The summed E-state index contributed by atoms with van der Waals surface area (Å²) in [6.07, 6.45) is -0.589. The zero-order chi connectivity index (χ0) is 19.8. The van der Waals surface area contributed by atoms with Gasteiger partial charge in [-0.3, -0.25) is 4.90 Å². The molecule has 0 aromatic heterocycles. The Morgan fingerprint density at radius 3 is 2.50 bits per heavy atom. The summed E-state index contributed by atoms with van der Waals surface area (Å²) in [4.78, 5) is 4.56. The van der Waals surface area contributed by atoms with Crippen molar-refractivity contribution in [3.63, 3.8) is 0 Å². The third-order valence-electron chi connectivity index (χ3n) is 4.87. The quantitative estimate of drug-likeness (QED) is 0.716. The van der Waals surface area contributed by atoms with Gasteiger partial charge in [0.15, 0.2) is 0 Å². The van der Waals surface area contributed by atoms with E-state index >= 15 is 0 Å². The molecule has 1 N–H and O–H groups in total. The summed E-state index contributed by atoms with van der Waals surface area (Å²) in [5.41, 5.74) is 1.63. The van der Waals surface area contributed by atoms with Gasteiger partial charge < -0.3 is 19.5 Å². The number of hydrogen-bond acceptors (Lipinski definition) is 5. The monoisotopic (exact) mass is 388 g/mol. The Balaban J connectivity index is 1.41. The van der Waals surface area contributed by atoms with E-state index in [-0.39, 0.29) is 19.0 Å². The SMILES string of the molecule is CCOc1ccccc1N1CCN(CC(O)COCc2ccccc2F)CC1. The fraction of sp³-hybridized carbons (Fsp3) is 0.455. The molecule has 0 bridgehead atoms. The lowest BCUT2D eigenvalue weighted by atomic mass is 10.2. The Labute approximate surface area is 166 Å². The molecule has 152 valence electrons. The van der Waals surface area contributed by atoms with Crippen LogP contribution >= 0.6 is 0 Å². The van der Waals surface area contributed by atoms with Crippen molar-refractivity contribution in [2.24, 2.45) is 0 Å². The second kappa shape index (κ2) is 10.4. The van der Waals surface area contributed by atoms with Gasteiger partial charge in [0, 0.05) is 38.3 Å². The van der Waals surface area contributed by atoms with Gasteiger partial charge in [0.2, 0.25) is 0 Å². The maximum absolute atomic E-state index is 13.6. The first-order chi connectivity index (χ1) is 13.7. The Morgan fingerprint density at radius 1 is 1.04 bits per heavy atom. The zero-order valence-corrected chi connectivity index (χ0v) is 16.4. The summed E-state index contributed by atoms with van der Waals surface area (Å²) in [6.45, 7) is 7.06. The Bertz CT molecular complexity index is 735. The van der Waals surface area contributed by atoms with Gasteiger partial charge in [0.25, 0.3) is 0 Å². The van der Waals surface area contributed by atoms with Crippen molar-refractivity contribution in [1.82, 2.24) is 4.90 Å². The smallest absolute Gasteiger partial charge is 0.142 e. The minimum absolute atomic E-state index is 0.172. The largest absolute Gasteiger partial charge is 0.492 e. The highest BCUT2D eigenvalue weighted by atomic mass is 19.1. The first-order valence-corrected chi connectivity index (χ1v) is 9.85. The third kappa shape index (κ3) is 5.67. The number of hydrogen-bond donors (Lipinski definition) is 1. The van der Waals surface area contributed by atoms with Gasteiger partial charge in [-0.25, -0.2) is 4.39 Å². The van der Waals surface area contributed by atoms with Crippen LogP contribution in [0.2, 0.25) is 0 Å². The number of rotatable bonds is 9. The molecular formula is C22H29FN2O3. The van der Waals surface area contributed by atoms with Gasteiger partial charge in [-0.1, -0.05) is 30.3 Å². The molecule has 6 heteroatoms. The predicted octanol–water partition coefficient (Wildman–Crippen LogP) is 2.92. The van der Waals surface area contributed by atoms with Crippen LogP contribution in [0.5, 0.6) is 5.75 Å². The first kappa shape index (κ1) is 20.6. The number of anilines is 1. The van der Waals surface area contributed by atoms with E-state index in [9.17, 15) is 9.50 Å². The summed E-state index contributed by atoms with van der Waals surface area (Å²) >= 11 is 0. The van der Waals surface area contributed by atoms with E-state index in [0.29, 0.717) is 18.7 Å². The van der Waals surface area contributed by atoms with E-state index < -0.39 is 6.10 Å². The topological polar surface area (TPSA) is 45.2 Å². The van der Waals surface area contributed by atoms with Gasteiger partial charge in [-0.15, -0.1) is 0 Å². The van der Waals surface area contributed by atoms with E-state index in [1.54, 1.807) is 18.2 Å². The lowest BCUT2D eigenvalue weighted by Crippen LogP contribution is -2.49. The standard InChI is InChI=1S/C22H29FN2O3/c1-2-28-22-10-6-5-9-21(22)25-13-11-24(12-14-25)15-19(26)17-27-16-18-7-3-4-8-20(18)23/h3-10,19,26H,2,11-17H2,1H3. The number of para-hydroxylation sites is 2. The molecule has 1 fully saturated rings. The summed E-state index contributed by atoms with van der Waals surface area (Å²) in [5, 5.41) is 10.3. The van der Waals surface area contributed by atoms with Crippen molar-refractivity contribution in [2.45, 2.75) is 19.6 Å². The highest BCUT2D eigenvalue weighted by Gasteiger charge is 2.21. The van der Waals surface area contributed by atoms with E-state index in [1.165, 1.54) is 6.07 Å². The number of benzene rings is 2. The molecule has 0 radical (unpaired) electrons. The van der Waals surface area contributed by atoms with Crippen molar-refractivity contribution in [2.75, 3.05) is 50.8 Å². The molecule has 3 rings (SSSR count). The number of nitrogens with zero attached hydrogens (tertiary/aromatic N) is 2. The van der Waals surface area contributed by atoms with Crippen LogP contribution in [-0.2, 0) is 11.3 Å². The number of aliphatic hydroxyl groups excluding tert-OH is 1. The van der Waals surface area contributed by atoms with Crippen LogP contribution in [0.4, 0.5) is 10.1 Å². The Kier molecular flexibility index (Phi) is 7.65. The molecule has 1 atom stereocenters. The molecule has 1 saturated heterocycles. The first-order valence-electron chi connectivity index (χ1n) is 9.85. The van der Waals surface area contributed by atoms with Gasteiger partial charge in [-0.05, 0) is 25.1 Å². The van der Waals surface area contributed by atoms with Crippen LogP contribution in [0.3, 0.4) is 0 Å². The lowest BCUT2D eigenvalue weighted by Gasteiger charge is -2.37. The predicted molar refractivity (Wildman–Crippen MR) is 108 cm³/mol. The average molecular weight is 388 g/mol. The molecule has 2 aromatic carbocycles. The number of piperazine rings is 1. The third-order valence-corrected chi connectivity index (χ3v) is 4.87. The molecule has 1 unspecified atom stereocenters. The molecule has 0 spiro atoms. The number of halogens is 1. The summed E-state index contributed by atoms with van der Waals surface area (Å²) < 4.78 is 24.8. The van der Waals surface area contributed by atoms with Gasteiger partial charge in [-0.2, -0.15) is 0 Å². The minimum Gasteiger partial charge on any atom is -0.492 e. The molecular weight excluding hydrogens is 359 g/mol. The van der Waals surface area contributed by atoms with Crippen LogP contribution < -0.4 is 9.64 Å². The number of ether oxygens (including phenoxy) is 2. The fourth-order valence-electron chi connectivity index (χ4n) is 3.44. The molecule has 0 saturated carbocycles. The molecule has 1 heterocycles. The highest BCUT2D eigenvalue weighted by Crippen LogP contribution is 2.28. The molecule has 5 nitrogen and oxygen atoms in total. The average Bonchev–Trinajstić information content (AvgIpc) is 2.71. The van der Waals surface area contributed by atoms with Gasteiger partial charge >= 0.3 is 0 Å². The molecule has 28 heavy (non-hydrogen) atoms. The molecule has 0 aliphatic carbocycles. The van der Waals surface area contributed by atoms with Crippen LogP contribution in [-0.4, -0.2) is 62.0 Å². The second-order valence-corrected chi connectivity index (χ2v) is 6.95. The van der Waals surface area contributed by atoms with Gasteiger partial charge in [0.05, 0.1) is 31.6 Å². The van der Waals surface area contributed by atoms with E-state index in [4.69, 9.17) is 9.47 Å². The van der Waals surface area contributed by atoms with Crippen LogP contribution in [0, 0.1) is 5.82 Å². The second-order valence-electron chi connectivity index (χ2n) is 6.95. The zero-order valence-electron chi connectivity index (χ0n) is 16.4. The normalized spacial score (nSPS) is 16.2. The van der Waals surface area contributed by atoms with E-state index in [0.717, 1.165) is 37.6 Å². The number of β-amino-alcohol motifs (C(OH)–C–C–N with tert-alkyl or cyclic N) is 1. The van der Waals surface area contributed by atoms with Crippen LogP contribution in [0.25, 0.3) is 0 Å². The molecule has 1 aliphatic heterocycles. The Hall–Kier alpha value is -2.15. The van der Waals surface area contributed by atoms with Crippen LogP contribution in [0.15, 0.2) is 48.5 Å². The maximum Gasteiger partial charge on any atom is 0.142 e. The van der Waals surface area contributed by atoms with Crippen LogP contribution in [0.1, 0.15) is 12.5 Å². The van der Waals surface area contributed by atoms with Crippen molar-refractivity contribution < 1.29 is 19.0 Å². The van der Waals surface area contributed by atoms with Crippen molar-refractivity contribution in [3.8, 4) is 5.75 Å². The Morgan fingerprint density at radius 2 is 1.75 bits per heavy atom. The lowest BCUT2D eigenvalue weighted by molar-refractivity contribution is 0.00838. The highest BCUT2D eigenvalue weighted by molar-refractivity contribution is 5.58. The van der Waals surface area contributed by atoms with Gasteiger partial charge in [0.1, 0.15) is 11.6 Å². The van der Waals surface area contributed by atoms with Crippen molar-refractivity contribution in [3.05, 3.63) is 59.9 Å². The maximum atomic E-state index is 13.6. The minimum atomic E-state index is -0.589. The molecule has 0 amide bonds. The van der Waals surface area contributed by atoms with E-state index in [1.807, 2.05) is 25.1 Å². The number of aliphatic hydroxyl groups is 1. The van der Waals surface area contributed by atoms with Crippen molar-refractivity contribution in [1.29, 1.82) is 0 Å². The summed E-state index contributed by atoms with van der Waals surface area (Å²) in [7, 11) is 0. The summed E-state index contributed by atoms with van der Waals surface area (Å²) in [6, 6.07) is 14.7.